The van der Waals surface area contributed by atoms with Gasteiger partial charge in [0.1, 0.15) is 4.90 Å². The van der Waals surface area contributed by atoms with E-state index in [4.69, 9.17) is 16.3 Å². The lowest BCUT2D eigenvalue weighted by atomic mass is 10.0. The minimum absolute atomic E-state index is 0.0583. The van der Waals surface area contributed by atoms with E-state index >= 15 is 0 Å². The molecule has 0 aromatic heterocycles. The van der Waals surface area contributed by atoms with Gasteiger partial charge in [-0.3, -0.25) is 9.52 Å². The number of hydrogen-bond acceptors (Lipinski definition) is 4. The first kappa shape index (κ1) is 18.6. The molecule has 1 aliphatic heterocycles. The molecule has 8 heteroatoms. The molecule has 0 bridgehead atoms. The molecular weight excluding hydrogens is 400 g/mol. The lowest BCUT2D eigenvalue weighted by Crippen LogP contribution is -2.25. The highest BCUT2D eigenvalue weighted by Gasteiger charge is 2.30. The molecule has 1 N–H and O–H groups in total. The van der Waals surface area contributed by atoms with Crippen molar-refractivity contribution >= 4 is 49.7 Å². The SMILES string of the molecule is CCN1C(=O)c2cccc3c(NS(=O)(=O)c4cccc(Cl)c4OC)ccc1c23. The minimum Gasteiger partial charge on any atom is -0.494 e. The Morgan fingerprint density at radius 1 is 1.11 bits per heavy atom. The van der Waals surface area contributed by atoms with Gasteiger partial charge in [0.15, 0.2) is 5.75 Å². The van der Waals surface area contributed by atoms with Gasteiger partial charge in [0.25, 0.3) is 15.9 Å². The van der Waals surface area contributed by atoms with Crippen molar-refractivity contribution in [1.29, 1.82) is 0 Å². The molecule has 0 saturated carbocycles. The Balaban J connectivity index is 1.86. The zero-order chi connectivity index (χ0) is 20.1. The number of anilines is 2. The molecule has 1 heterocycles. The molecule has 1 aliphatic rings. The summed E-state index contributed by atoms with van der Waals surface area (Å²) >= 11 is 6.07. The number of rotatable bonds is 5. The molecule has 144 valence electrons. The summed E-state index contributed by atoms with van der Waals surface area (Å²) in [6.07, 6.45) is 0. The minimum atomic E-state index is -3.97. The van der Waals surface area contributed by atoms with Crippen molar-refractivity contribution in [2.24, 2.45) is 0 Å². The number of ether oxygens (including phenoxy) is 1. The number of benzene rings is 3. The number of para-hydroxylation sites is 1. The highest BCUT2D eigenvalue weighted by molar-refractivity contribution is 7.92. The average Bonchev–Trinajstić information content (AvgIpc) is 2.96. The van der Waals surface area contributed by atoms with Crippen LogP contribution in [0.25, 0.3) is 10.8 Å². The fourth-order valence-corrected chi connectivity index (χ4v) is 5.13. The van der Waals surface area contributed by atoms with Gasteiger partial charge in [0, 0.05) is 22.9 Å². The fourth-order valence-electron chi connectivity index (χ4n) is 3.55. The quantitative estimate of drug-likeness (QED) is 0.673. The monoisotopic (exact) mass is 416 g/mol. The van der Waals surface area contributed by atoms with E-state index in [0.29, 0.717) is 23.2 Å². The van der Waals surface area contributed by atoms with Crippen LogP contribution in [0.1, 0.15) is 17.3 Å². The van der Waals surface area contributed by atoms with Crippen molar-refractivity contribution in [2.45, 2.75) is 11.8 Å². The van der Waals surface area contributed by atoms with Gasteiger partial charge < -0.3 is 9.64 Å². The summed E-state index contributed by atoms with van der Waals surface area (Å²) in [4.78, 5) is 14.2. The van der Waals surface area contributed by atoms with Gasteiger partial charge in [-0.15, -0.1) is 0 Å². The van der Waals surface area contributed by atoms with Crippen LogP contribution in [0.3, 0.4) is 0 Å². The summed E-state index contributed by atoms with van der Waals surface area (Å²) in [6, 6.07) is 13.2. The van der Waals surface area contributed by atoms with Crippen molar-refractivity contribution < 1.29 is 17.9 Å². The Hall–Kier alpha value is -2.77. The maximum Gasteiger partial charge on any atom is 0.265 e. The molecule has 0 spiro atoms. The molecule has 28 heavy (non-hydrogen) atoms. The Kier molecular flexibility index (Phi) is 4.44. The number of sulfonamides is 1. The third-order valence-electron chi connectivity index (χ3n) is 4.77. The Morgan fingerprint density at radius 3 is 2.57 bits per heavy atom. The summed E-state index contributed by atoms with van der Waals surface area (Å²) < 4.78 is 33.8. The number of halogens is 1. The van der Waals surface area contributed by atoms with Crippen molar-refractivity contribution in [3.63, 3.8) is 0 Å². The van der Waals surface area contributed by atoms with Gasteiger partial charge in [-0.2, -0.15) is 0 Å². The van der Waals surface area contributed by atoms with Crippen molar-refractivity contribution in [3.05, 3.63) is 59.1 Å². The maximum atomic E-state index is 13.0. The van der Waals surface area contributed by atoms with E-state index in [0.717, 1.165) is 11.1 Å². The van der Waals surface area contributed by atoms with Crippen LogP contribution in [0.4, 0.5) is 11.4 Å². The van der Waals surface area contributed by atoms with Crippen molar-refractivity contribution in [3.8, 4) is 5.75 Å². The first-order chi connectivity index (χ1) is 13.4. The number of carbonyl (C=O) groups is 1. The second-order valence-electron chi connectivity index (χ2n) is 6.29. The van der Waals surface area contributed by atoms with Crippen molar-refractivity contribution in [1.82, 2.24) is 0 Å². The van der Waals surface area contributed by atoms with Gasteiger partial charge in [-0.1, -0.05) is 29.8 Å². The van der Waals surface area contributed by atoms with E-state index in [1.807, 2.05) is 6.92 Å². The van der Waals surface area contributed by atoms with Gasteiger partial charge in [0.2, 0.25) is 0 Å². The fraction of sp³-hybridized carbons (Fsp3) is 0.150. The summed E-state index contributed by atoms with van der Waals surface area (Å²) in [5, 5.41) is 1.60. The molecule has 0 saturated heterocycles. The third-order valence-corrected chi connectivity index (χ3v) is 6.46. The number of hydrogen-bond donors (Lipinski definition) is 1. The average molecular weight is 417 g/mol. The van der Waals surface area contributed by atoms with Crippen LogP contribution in [0, 0.1) is 0 Å². The molecule has 3 aromatic carbocycles. The molecule has 0 fully saturated rings. The Labute approximate surface area is 167 Å². The lowest BCUT2D eigenvalue weighted by molar-refractivity contribution is 0.0994. The standard InChI is InChI=1S/C20H17ClN2O4S/c1-3-23-16-11-10-15(12-6-4-7-13(18(12)16)20(23)24)22-28(25,26)17-9-5-8-14(21)19(17)27-2/h4-11,22H,3H2,1-2H3. The summed E-state index contributed by atoms with van der Waals surface area (Å²) in [7, 11) is -2.60. The predicted molar refractivity (Wildman–Crippen MR) is 110 cm³/mol. The number of nitrogens with zero attached hydrogens (tertiary/aromatic N) is 1. The zero-order valence-corrected chi connectivity index (χ0v) is 16.8. The predicted octanol–water partition coefficient (Wildman–Crippen LogP) is 4.28. The van der Waals surface area contributed by atoms with Crippen LogP contribution >= 0.6 is 11.6 Å². The Morgan fingerprint density at radius 2 is 1.86 bits per heavy atom. The highest BCUT2D eigenvalue weighted by atomic mass is 35.5. The molecule has 0 radical (unpaired) electrons. The molecule has 3 aromatic rings. The van der Waals surface area contributed by atoms with Gasteiger partial charge in [-0.05, 0) is 37.3 Å². The molecule has 0 unspecified atom stereocenters. The number of nitrogens with one attached hydrogen (secondary N) is 1. The van der Waals surface area contributed by atoms with Crippen molar-refractivity contribution in [2.75, 3.05) is 23.3 Å². The maximum absolute atomic E-state index is 13.0. The van der Waals surface area contributed by atoms with E-state index in [1.165, 1.54) is 13.2 Å². The first-order valence-electron chi connectivity index (χ1n) is 8.62. The van der Waals surface area contributed by atoms with Gasteiger partial charge in [0.05, 0.1) is 23.5 Å². The molecule has 0 aliphatic carbocycles. The van der Waals surface area contributed by atoms with Crippen LogP contribution < -0.4 is 14.4 Å². The molecule has 4 rings (SSSR count). The zero-order valence-electron chi connectivity index (χ0n) is 15.2. The first-order valence-corrected chi connectivity index (χ1v) is 10.5. The summed E-state index contributed by atoms with van der Waals surface area (Å²) in [5.41, 5.74) is 1.73. The van der Waals surface area contributed by atoms with Crippen LogP contribution in [-0.4, -0.2) is 28.0 Å². The number of carbonyl (C=O) groups excluding carboxylic acids is 1. The molecule has 1 amide bonds. The van der Waals surface area contributed by atoms with E-state index in [1.54, 1.807) is 47.4 Å². The van der Waals surface area contributed by atoms with Gasteiger partial charge in [-0.25, -0.2) is 8.42 Å². The van der Waals surface area contributed by atoms with E-state index in [2.05, 4.69) is 4.72 Å². The van der Waals surface area contributed by atoms with Crippen LogP contribution in [0.15, 0.2) is 53.4 Å². The molecule has 6 nitrogen and oxygen atoms in total. The smallest absolute Gasteiger partial charge is 0.265 e. The molecule has 0 atom stereocenters. The number of methoxy groups -OCH3 is 1. The van der Waals surface area contributed by atoms with Gasteiger partial charge >= 0.3 is 0 Å². The molecular formula is C20H17ClN2O4S. The largest absolute Gasteiger partial charge is 0.494 e. The van der Waals surface area contributed by atoms with E-state index in [-0.39, 0.29) is 21.6 Å². The van der Waals surface area contributed by atoms with Crippen LogP contribution in [0.2, 0.25) is 5.02 Å². The lowest BCUT2D eigenvalue weighted by Gasteiger charge is -2.16. The second-order valence-corrected chi connectivity index (χ2v) is 8.34. The topological polar surface area (TPSA) is 75.7 Å². The third kappa shape index (κ3) is 2.70. The van der Waals surface area contributed by atoms with Crippen LogP contribution in [-0.2, 0) is 10.0 Å². The highest BCUT2D eigenvalue weighted by Crippen LogP contribution is 2.41. The summed E-state index contributed by atoms with van der Waals surface area (Å²) in [5.74, 6) is -0.00505. The Bertz CT molecular complexity index is 1220. The van der Waals surface area contributed by atoms with E-state index in [9.17, 15) is 13.2 Å². The summed E-state index contributed by atoms with van der Waals surface area (Å²) in [6.45, 7) is 2.44. The van der Waals surface area contributed by atoms with Crippen LogP contribution in [0.5, 0.6) is 5.75 Å². The second kappa shape index (κ2) is 6.68. The number of amides is 1. The van der Waals surface area contributed by atoms with E-state index < -0.39 is 10.0 Å². The normalized spacial score (nSPS) is 13.2.